The van der Waals surface area contributed by atoms with Crippen molar-refractivity contribution < 1.29 is 61.7 Å². The molecule has 7 N–H and O–H groups in total. The van der Waals surface area contributed by atoms with Crippen LogP contribution in [0.3, 0.4) is 0 Å². The van der Waals surface area contributed by atoms with Gasteiger partial charge in [-0.15, -0.1) is 0 Å². The molecule has 0 aliphatic carbocycles. The van der Waals surface area contributed by atoms with Crippen LogP contribution < -0.4 is 27.4 Å². The van der Waals surface area contributed by atoms with Gasteiger partial charge in [0.05, 0.1) is 68.5 Å². The molecule has 2 unspecified atom stereocenters. The second kappa shape index (κ2) is 37.2. The van der Waals surface area contributed by atoms with E-state index in [0.717, 1.165) is 28.9 Å². The Morgan fingerprint density at radius 2 is 1.00 bits per heavy atom. The van der Waals surface area contributed by atoms with Crippen molar-refractivity contribution in [3.8, 4) is 0 Å². The number of fused-ring (bicyclic) bond motifs is 2. The molecule has 8 amide bonds. The number of benzene rings is 2. The van der Waals surface area contributed by atoms with Crippen LogP contribution in [0.4, 0.5) is 10.1 Å². The Morgan fingerprint density at radius 1 is 0.583 bits per heavy atom. The summed E-state index contributed by atoms with van der Waals surface area (Å²) in [6.45, 7) is 8.12. The monoisotopic (exact) mass is 1240 g/mol. The first kappa shape index (κ1) is 63.6. The van der Waals surface area contributed by atoms with E-state index < -0.39 is 65.2 Å². The highest BCUT2D eigenvalue weighted by molar-refractivity contribution is 8.75. The zero-order valence-corrected chi connectivity index (χ0v) is 48.7. The predicted octanol–water partition coefficient (Wildman–Crippen LogP) is 0.0756. The topological polar surface area (TPSA) is 268 Å². The number of amides is 8. The molecule has 398 valence electrons. The van der Waals surface area contributed by atoms with Crippen molar-refractivity contribution in [2.75, 3.05) is 77.8 Å². The minimum absolute atomic E-state index is 0.0340. The Morgan fingerprint density at radius 3 is 1.43 bits per heavy atom. The van der Waals surface area contributed by atoms with Crippen LogP contribution in [0.5, 0.6) is 0 Å². The highest BCUT2D eigenvalue weighted by atomic mass is 33.5. The van der Waals surface area contributed by atoms with E-state index in [4.69, 9.17) is 52.8 Å². The van der Waals surface area contributed by atoms with Crippen molar-refractivity contribution in [3.63, 3.8) is 0 Å². The predicted molar refractivity (Wildman–Crippen MR) is 302 cm³/mol. The van der Waals surface area contributed by atoms with Crippen LogP contribution in [0.2, 0.25) is 0 Å². The number of hydrogen-bond donors (Lipinski definition) is 5. The number of piperidine rings is 2. The Bertz CT molecular complexity index is 2760. The van der Waals surface area contributed by atoms with E-state index in [1.807, 2.05) is 0 Å². The molecule has 2 aromatic rings. The van der Waals surface area contributed by atoms with E-state index in [0.29, 0.717) is 71.6 Å². The average Bonchev–Trinajstić information content (AvgIpc) is 3.78. The van der Waals surface area contributed by atoms with Gasteiger partial charge in [0.25, 0.3) is 23.6 Å². The summed E-state index contributed by atoms with van der Waals surface area (Å²) < 4.78 is 34.5. The van der Waals surface area contributed by atoms with Crippen LogP contribution in [0, 0.1) is 5.82 Å². The number of rotatable bonds is 18. The molecule has 2 atom stereocenters. The molecule has 6 rings (SSSR count). The van der Waals surface area contributed by atoms with Crippen molar-refractivity contribution in [3.05, 3.63) is 64.5 Å². The third-order valence-corrected chi connectivity index (χ3v) is 31.6. The van der Waals surface area contributed by atoms with Crippen LogP contribution >= 0.6 is 0 Å². The first-order valence-corrected chi connectivity index (χ1v) is 37.3. The molecular weight excluding hydrogens is 1190 g/mol. The fourth-order valence-electron chi connectivity index (χ4n) is 6.45. The van der Waals surface area contributed by atoms with Gasteiger partial charge in [0.15, 0.2) is 0 Å². The number of nitrogens with one attached hydrogen (secondary N) is 3. The molecule has 2 saturated heterocycles. The van der Waals surface area contributed by atoms with Crippen LogP contribution in [0.25, 0.3) is 0 Å². The standard InChI is InChI=1S/C19H24N4O6.C13H9FN2O4.C7H17NO2.S13/c20-6-8-28-10-11-29-9-7-21-13-3-1-2-12-16(13)19(27)23(18(12)26)14-4-5-15(24)22-17(14)25;14-7-3-1-2-6-10(7)13(20)16(12(6)19)8-4-5-9(17)15-11(8)18;1-2-4-9-6-7-10-5-3-8;1-3-5-7-9-11-13-12-10-8-6-4-2/h1-3,14,21H,4-11,20H2,(H,22,24,25);1-3,8H,4-5H2,(H,15,17,18);2-8H2,1H3;. The third-order valence-electron chi connectivity index (χ3n) is 9.34. The van der Waals surface area contributed by atoms with Crippen LogP contribution in [-0.2, 0) is 158 Å². The number of carbonyl (C=O) groups excluding carboxylic acids is 8. The molecular formula is C39H50FN7O12S13. The number of carbonyl (C=O) groups is 8. The van der Waals surface area contributed by atoms with Gasteiger partial charge in [0, 0.05) is 165 Å². The summed E-state index contributed by atoms with van der Waals surface area (Å²) in [5.74, 6) is -5.61. The van der Waals surface area contributed by atoms with Crippen molar-refractivity contribution in [1.82, 2.24) is 20.4 Å². The van der Waals surface area contributed by atoms with Gasteiger partial charge >= 0.3 is 0 Å². The Labute approximate surface area is 455 Å². The van der Waals surface area contributed by atoms with Gasteiger partial charge in [-0.1, -0.05) is 19.1 Å². The molecule has 19 nitrogen and oxygen atoms in total. The number of nitrogens with zero attached hydrogens (tertiary/aromatic N) is 2. The summed E-state index contributed by atoms with van der Waals surface area (Å²) in [5, 5.41) is 7.35. The number of hydrogen-bond acceptors (Lipinski definition) is 17. The number of ether oxygens (including phenoxy) is 4. The molecule has 2 fully saturated rings. The molecule has 0 bridgehead atoms. The van der Waals surface area contributed by atoms with Gasteiger partial charge in [-0.05, 0) is 43.5 Å². The van der Waals surface area contributed by atoms with Crippen molar-refractivity contribution in [2.24, 2.45) is 11.5 Å². The van der Waals surface area contributed by atoms with E-state index in [1.165, 1.54) is 29.9 Å². The Hall–Kier alpha value is -2.65. The van der Waals surface area contributed by atoms with Crippen LogP contribution in [0.15, 0.2) is 36.4 Å². The molecule has 4 aliphatic rings. The maximum atomic E-state index is 13.7. The van der Waals surface area contributed by atoms with Gasteiger partial charge in [0.1, 0.15) is 17.9 Å². The summed E-state index contributed by atoms with van der Waals surface area (Å²) in [4.78, 5) is 98.0. The van der Waals surface area contributed by atoms with E-state index in [-0.39, 0.29) is 47.9 Å². The average molecular weight is 1240 g/mol. The Kier molecular flexibility index (Phi) is 32.8. The zero-order valence-electron chi connectivity index (χ0n) is 38.1. The van der Waals surface area contributed by atoms with E-state index in [2.05, 4.69) is 22.9 Å². The first-order chi connectivity index (χ1) is 34.9. The molecule has 0 aromatic heterocycles. The Balaban J connectivity index is 0.000000276. The van der Waals surface area contributed by atoms with E-state index >= 15 is 0 Å². The molecule has 4 aliphatic heterocycles. The van der Waals surface area contributed by atoms with Crippen LogP contribution in [0.1, 0.15) is 80.5 Å². The summed E-state index contributed by atoms with van der Waals surface area (Å²) in [5.41, 5.74) is 11.1. The highest BCUT2D eigenvalue weighted by Crippen LogP contribution is 2.32. The van der Waals surface area contributed by atoms with Gasteiger partial charge < -0.3 is 35.7 Å². The molecule has 2 aromatic carbocycles. The fraction of sp³-hybridized carbons (Fsp3) is 0.487. The molecule has 0 saturated carbocycles. The quantitative estimate of drug-likeness (QED) is 0.0977. The maximum absolute atomic E-state index is 13.7. The zero-order chi connectivity index (χ0) is 52.7. The normalized spacial score (nSPS) is 16.4. The molecule has 33 heteroatoms. The minimum Gasteiger partial charge on any atom is -0.382 e. The smallest absolute Gasteiger partial charge is 0.265 e. The van der Waals surface area contributed by atoms with Crippen molar-refractivity contribution >= 4 is 173 Å². The first-order valence-electron chi connectivity index (χ1n) is 21.3. The molecule has 4 heterocycles. The van der Waals surface area contributed by atoms with Gasteiger partial charge in [-0.2, -0.15) is 0 Å². The number of nitrogens with two attached hydrogens (primary N) is 2. The molecule has 72 heavy (non-hydrogen) atoms. The highest BCUT2D eigenvalue weighted by Gasteiger charge is 2.47. The maximum Gasteiger partial charge on any atom is 0.265 e. The van der Waals surface area contributed by atoms with E-state index in [1.54, 1.807) is 98.1 Å². The molecule has 0 radical (unpaired) electrons. The fourth-order valence-corrected chi connectivity index (χ4v) is 31.1. The van der Waals surface area contributed by atoms with Gasteiger partial charge in [-0.3, -0.25) is 58.8 Å². The lowest BCUT2D eigenvalue weighted by Crippen LogP contribution is -2.54. The summed E-state index contributed by atoms with van der Waals surface area (Å²) in [6, 6.07) is 6.61. The minimum atomic E-state index is -1.07. The molecule has 0 spiro atoms. The van der Waals surface area contributed by atoms with Crippen LogP contribution in [-0.4, -0.2) is 142 Å². The van der Waals surface area contributed by atoms with Gasteiger partial charge in [-0.25, -0.2) is 4.39 Å². The number of halogens is 1. The summed E-state index contributed by atoms with van der Waals surface area (Å²) in [7, 11) is 18.1. The number of anilines is 1. The van der Waals surface area contributed by atoms with Crippen molar-refractivity contribution in [2.45, 2.75) is 51.1 Å². The van der Waals surface area contributed by atoms with E-state index in [9.17, 15) is 42.7 Å². The lowest BCUT2D eigenvalue weighted by molar-refractivity contribution is -0.137. The second-order valence-electron chi connectivity index (χ2n) is 14.0. The van der Waals surface area contributed by atoms with Crippen molar-refractivity contribution in [1.29, 1.82) is 0 Å². The summed E-state index contributed by atoms with van der Waals surface area (Å²) >= 11 is 9.40. The lowest BCUT2D eigenvalue weighted by atomic mass is 10.0. The number of imide groups is 4. The third kappa shape index (κ3) is 21.2. The summed E-state index contributed by atoms with van der Waals surface area (Å²) in [6.07, 6.45) is 1.36. The lowest BCUT2D eigenvalue weighted by Gasteiger charge is -2.27. The second-order valence-corrected chi connectivity index (χ2v) is 33.4. The largest absolute Gasteiger partial charge is 0.382 e. The SMILES string of the molecule is CCCOCCOCCN.NCCOCCOCCNc1cccc2c1C(=O)N(C1CCC(=O)NC1=O)C2=O.O=C1CCC(N2C(=O)c3cccc(F)c3C2=O)C(=O)N1.S=S=S=S=S=S=S=S=S=S=S=S=S. The van der Waals surface area contributed by atoms with Gasteiger partial charge in [0.2, 0.25) is 23.6 Å².